The van der Waals surface area contributed by atoms with E-state index in [0.29, 0.717) is 6.42 Å². The van der Waals surface area contributed by atoms with Crippen molar-refractivity contribution in [1.29, 1.82) is 0 Å². The predicted molar refractivity (Wildman–Crippen MR) is 70.3 cm³/mol. The zero-order valence-electron chi connectivity index (χ0n) is 11.5. The number of carbonyl (C=O) groups is 2. The van der Waals surface area contributed by atoms with Crippen LogP contribution in [0.1, 0.15) is 65.2 Å². The van der Waals surface area contributed by atoms with Gasteiger partial charge in [0.1, 0.15) is 0 Å². The highest BCUT2D eigenvalue weighted by atomic mass is 16.4. The van der Waals surface area contributed by atoms with E-state index in [1.807, 2.05) is 13.8 Å². The molecular formula is C14H25NO3. The van der Waals surface area contributed by atoms with Crippen LogP contribution in [-0.4, -0.2) is 22.5 Å². The third kappa shape index (κ3) is 5.52. The number of aliphatic carboxylic acids is 1. The summed E-state index contributed by atoms with van der Waals surface area (Å²) in [5.74, 6) is -0.587. The average molecular weight is 255 g/mol. The second-order valence-corrected chi connectivity index (χ2v) is 5.96. The first kappa shape index (κ1) is 15.0. The minimum Gasteiger partial charge on any atom is -0.481 e. The summed E-state index contributed by atoms with van der Waals surface area (Å²) in [7, 11) is 0. The van der Waals surface area contributed by atoms with Gasteiger partial charge in [0, 0.05) is 17.9 Å². The molecule has 0 aromatic heterocycles. The molecule has 0 aromatic carbocycles. The van der Waals surface area contributed by atoms with Gasteiger partial charge < -0.3 is 10.4 Å². The fourth-order valence-electron chi connectivity index (χ4n) is 2.46. The normalized spacial score (nSPS) is 18.1. The number of hydrogen-bond acceptors (Lipinski definition) is 2. The zero-order valence-corrected chi connectivity index (χ0v) is 11.5. The highest BCUT2D eigenvalue weighted by Gasteiger charge is 2.26. The standard InChI is InChI=1S/C14H25NO3/c1-14(2,10-9-12(16)17)15-13(18)11-7-5-3-4-6-8-11/h11H,3-10H2,1-2H3,(H,15,18)(H,16,17). The first-order valence-corrected chi connectivity index (χ1v) is 6.94. The van der Waals surface area contributed by atoms with E-state index < -0.39 is 11.5 Å². The van der Waals surface area contributed by atoms with Gasteiger partial charge in [0.2, 0.25) is 5.91 Å². The molecule has 0 saturated heterocycles. The minimum absolute atomic E-state index is 0.0952. The van der Waals surface area contributed by atoms with Crippen LogP contribution in [-0.2, 0) is 9.59 Å². The summed E-state index contributed by atoms with van der Waals surface area (Å²) in [5, 5.41) is 11.7. The summed E-state index contributed by atoms with van der Waals surface area (Å²) < 4.78 is 0. The molecule has 0 atom stereocenters. The van der Waals surface area contributed by atoms with Crippen LogP contribution in [0.4, 0.5) is 0 Å². The van der Waals surface area contributed by atoms with Gasteiger partial charge in [-0.15, -0.1) is 0 Å². The van der Waals surface area contributed by atoms with Crippen LogP contribution >= 0.6 is 0 Å². The third-order valence-corrected chi connectivity index (χ3v) is 3.65. The Bertz CT molecular complexity index is 291. The second-order valence-electron chi connectivity index (χ2n) is 5.96. The largest absolute Gasteiger partial charge is 0.481 e. The number of amides is 1. The maximum atomic E-state index is 12.2. The van der Waals surface area contributed by atoms with Gasteiger partial charge >= 0.3 is 5.97 Å². The van der Waals surface area contributed by atoms with Crippen LogP contribution in [0.25, 0.3) is 0 Å². The summed E-state index contributed by atoms with van der Waals surface area (Å²) in [4.78, 5) is 22.7. The van der Waals surface area contributed by atoms with Crippen molar-refractivity contribution in [2.24, 2.45) is 5.92 Å². The van der Waals surface area contributed by atoms with Gasteiger partial charge in [0.15, 0.2) is 0 Å². The van der Waals surface area contributed by atoms with Crippen LogP contribution in [0.3, 0.4) is 0 Å². The van der Waals surface area contributed by atoms with E-state index in [2.05, 4.69) is 5.32 Å². The van der Waals surface area contributed by atoms with Crippen molar-refractivity contribution in [3.05, 3.63) is 0 Å². The Labute approximate surface area is 109 Å². The summed E-state index contributed by atoms with van der Waals surface area (Å²) in [6, 6.07) is 0. The van der Waals surface area contributed by atoms with Gasteiger partial charge in [-0.3, -0.25) is 9.59 Å². The molecule has 1 aliphatic rings. The molecule has 1 aliphatic carbocycles. The summed E-state index contributed by atoms with van der Waals surface area (Å²) in [5.41, 5.74) is -0.429. The lowest BCUT2D eigenvalue weighted by Crippen LogP contribution is -2.46. The van der Waals surface area contributed by atoms with Gasteiger partial charge in [-0.05, 0) is 33.1 Å². The van der Waals surface area contributed by atoms with Crippen molar-refractivity contribution < 1.29 is 14.7 Å². The zero-order chi connectivity index (χ0) is 13.6. The van der Waals surface area contributed by atoms with Crippen molar-refractivity contribution in [3.8, 4) is 0 Å². The molecule has 0 bridgehead atoms. The number of hydrogen-bond donors (Lipinski definition) is 2. The maximum Gasteiger partial charge on any atom is 0.303 e. The SMILES string of the molecule is CC(C)(CCC(=O)O)NC(=O)C1CCCCCC1. The lowest BCUT2D eigenvalue weighted by molar-refractivity contribution is -0.138. The van der Waals surface area contributed by atoms with Crippen molar-refractivity contribution in [1.82, 2.24) is 5.32 Å². The Hall–Kier alpha value is -1.06. The van der Waals surface area contributed by atoms with E-state index in [9.17, 15) is 9.59 Å². The fraction of sp³-hybridized carbons (Fsp3) is 0.857. The number of nitrogens with one attached hydrogen (secondary N) is 1. The molecule has 1 rings (SSSR count). The lowest BCUT2D eigenvalue weighted by Gasteiger charge is -2.28. The Morgan fingerprint density at radius 3 is 2.22 bits per heavy atom. The molecule has 1 fully saturated rings. The van der Waals surface area contributed by atoms with Gasteiger partial charge in [-0.25, -0.2) is 0 Å². The van der Waals surface area contributed by atoms with E-state index in [1.165, 1.54) is 12.8 Å². The van der Waals surface area contributed by atoms with Gasteiger partial charge in [-0.1, -0.05) is 25.7 Å². The Morgan fingerprint density at radius 1 is 1.17 bits per heavy atom. The Kier molecular flexibility index (Phi) is 5.63. The second kappa shape index (κ2) is 6.76. The van der Waals surface area contributed by atoms with E-state index >= 15 is 0 Å². The van der Waals surface area contributed by atoms with Crippen molar-refractivity contribution >= 4 is 11.9 Å². The summed E-state index contributed by atoms with van der Waals surface area (Å²) >= 11 is 0. The average Bonchev–Trinajstić information content (AvgIpc) is 2.54. The fourth-order valence-corrected chi connectivity index (χ4v) is 2.46. The molecular weight excluding hydrogens is 230 g/mol. The first-order chi connectivity index (χ1) is 8.41. The third-order valence-electron chi connectivity index (χ3n) is 3.65. The monoisotopic (exact) mass is 255 g/mol. The van der Waals surface area contributed by atoms with Gasteiger partial charge in [-0.2, -0.15) is 0 Å². The van der Waals surface area contributed by atoms with Gasteiger partial charge in [0.05, 0.1) is 0 Å². The smallest absolute Gasteiger partial charge is 0.303 e. The topological polar surface area (TPSA) is 66.4 Å². The van der Waals surface area contributed by atoms with E-state index in [0.717, 1.165) is 25.7 Å². The number of rotatable bonds is 5. The summed E-state index contributed by atoms with van der Waals surface area (Å²) in [6.07, 6.45) is 7.24. The van der Waals surface area contributed by atoms with Crippen molar-refractivity contribution in [2.75, 3.05) is 0 Å². The summed E-state index contributed by atoms with van der Waals surface area (Å²) in [6.45, 7) is 3.79. The van der Waals surface area contributed by atoms with Crippen LogP contribution in [0.2, 0.25) is 0 Å². The van der Waals surface area contributed by atoms with Crippen LogP contribution in [0.15, 0.2) is 0 Å². The number of carboxylic acids is 1. The molecule has 104 valence electrons. The quantitative estimate of drug-likeness (QED) is 0.742. The molecule has 0 radical (unpaired) electrons. The van der Waals surface area contributed by atoms with Crippen LogP contribution in [0.5, 0.6) is 0 Å². The molecule has 0 aromatic rings. The maximum absolute atomic E-state index is 12.2. The van der Waals surface area contributed by atoms with Crippen molar-refractivity contribution in [3.63, 3.8) is 0 Å². The van der Waals surface area contributed by atoms with Crippen LogP contribution in [0, 0.1) is 5.92 Å². The molecule has 2 N–H and O–H groups in total. The molecule has 4 nitrogen and oxygen atoms in total. The molecule has 18 heavy (non-hydrogen) atoms. The molecule has 0 heterocycles. The highest BCUT2D eigenvalue weighted by molar-refractivity contribution is 5.79. The Morgan fingerprint density at radius 2 is 1.72 bits per heavy atom. The molecule has 0 unspecified atom stereocenters. The van der Waals surface area contributed by atoms with E-state index in [4.69, 9.17) is 5.11 Å². The Balaban J connectivity index is 2.43. The lowest BCUT2D eigenvalue weighted by atomic mass is 9.94. The molecule has 4 heteroatoms. The molecule has 1 amide bonds. The van der Waals surface area contributed by atoms with E-state index in [-0.39, 0.29) is 18.2 Å². The molecule has 0 aliphatic heterocycles. The predicted octanol–water partition coefficient (Wildman–Crippen LogP) is 2.72. The number of carbonyl (C=O) groups excluding carboxylic acids is 1. The van der Waals surface area contributed by atoms with Crippen molar-refractivity contribution in [2.45, 2.75) is 70.8 Å². The highest BCUT2D eigenvalue weighted by Crippen LogP contribution is 2.24. The molecule has 1 saturated carbocycles. The molecule has 0 spiro atoms. The van der Waals surface area contributed by atoms with E-state index in [1.54, 1.807) is 0 Å². The van der Waals surface area contributed by atoms with Gasteiger partial charge in [0.25, 0.3) is 0 Å². The van der Waals surface area contributed by atoms with Crippen LogP contribution < -0.4 is 5.32 Å². The first-order valence-electron chi connectivity index (χ1n) is 6.94. The minimum atomic E-state index is -0.813. The number of carboxylic acid groups (broad SMARTS) is 1.